The highest BCUT2D eigenvalue weighted by Gasteiger charge is 2.12. The van der Waals surface area contributed by atoms with Gasteiger partial charge in [0.15, 0.2) is 11.5 Å². The molecule has 0 fully saturated rings. The van der Waals surface area contributed by atoms with Crippen LogP contribution in [0.2, 0.25) is 0 Å². The summed E-state index contributed by atoms with van der Waals surface area (Å²) in [5.74, 6) is 0.867. The number of hydrogen-bond donors (Lipinski definition) is 1. The highest BCUT2D eigenvalue weighted by Crippen LogP contribution is 2.16. The lowest BCUT2D eigenvalue weighted by Crippen LogP contribution is -2.26. The molecule has 0 spiro atoms. The molecule has 0 aromatic carbocycles. The second-order valence-electron chi connectivity index (χ2n) is 5.24. The van der Waals surface area contributed by atoms with Gasteiger partial charge in [-0.3, -0.25) is 13.8 Å². The van der Waals surface area contributed by atoms with Crippen molar-refractivity contribution < 1.29 is 0 Å². The van der Waals surface area contributed by atoms with Crippen molar-refractivity contribution in [3.05, 3.63) is 34.9 Å². The third kappa shape index (κ3) is 2.18. The predicted molar refractivity (Wildman–Crippen MR) is 78.9 cm³/mol. The third-order valence-electron chi connectivity index (χ3n) is 3.41. The van der Waals surface area contributed by atoms with E-state index in [2.05, 4.69) is 15.1 Å². The molecule has 2 N–H and O–H groups in total. The summed E-state index contributed by atoms with van der Waals surface area (Å²) >= 11 is 0. The van der Waals surface area contributed by atoms with Gasteiger partial charge in [0.1, 0.15) is 5.82 Å². The van der Waals surface area contributed by atoms with E-state index in [4.69, 9.17) is 5.73 Å². The van der Waals surface area contributed by atoms with Crippen molar-refractivity contribution in [3.63, 3.8) is 0 Å². The lowest BCUT2D eigenvalue weighted by Gasteiger charge is -2.05. The van der Waals surface area contributed by atoms with Gasteiger partial charge in [-0.05, 0) is 13.8 Å². The van der Waals surface area contributed by atoms with E-state index < -0.39 is 0 Å². The first-order chi connectivity index (χ1) is 9.97. The normalized spacial score (nSPS) is 11.6. The minimum absolute atomic E-state index is 0.0859. The summed E-state index contributed by atoms with van der Waals surface area (Å²) in [6.45, 7) is 4.20. The Labute approximate surface area is 120 Å². The van der Waals surface area contributed by atoms with E-state index in [1.54, 1.807) is 39.5 Å². The highest BCUT2D eigenvalue weighted by molar-refractivity contribution is 5.84. The van der Waals surface area contributed by atoms with Gasteiger partial charge in [-0.25, -0.2) is 14.8 Å². The van der Waals surface area contributed by atoms with Crippen LogP contribution in [0.1, 0.15) is 25.7 Å². The first-order valence-electron chi connectivity index (χ1n) is 6.68. The molecule has 0 aliphatic rings. The van der Waals surface area contributed by atoms with Crippen LogP contribution < -0.4 is 11.4 Å². The van der Waals surface area contributed by atoms with Crippen LogP contribution in [-0.4, -0.2) is 28.9 Å². The molecule has 0 aliphatic carbocycles. The maximum Gasteiger partial charge on any atom is 0.328 e. The molecule has 0 saturated carbocycles. The number of anilines is 1. The Morgan fingerprint density at radius 3 is 2.71 bits per heavy atom. The fourth-order valence-corrected chi connectivity index (χ4v) is 2.26. The van der Waals surface area contributed by atoms with Gasteiger partial charge in [0.05, 0.1) is 18.1 Å². The zero-order valence-corrected chi connectivity index (χ0v) is 12.2. The van der Waals surface area contributed by atoms with Crippen molar-refractivity contribution in [2.24, 2.45) is 7.05 Å². The first kappa shape index (κ1) is 13.3. The van der Waals surface area contributed by atoms with Crippen LogP contribution in [-0.2, 0) is 13.6 Å². The topological polar surface area (TPSA) is 96.6 Å². The molecule has 0 aliphatic heterocycles. The third-order valence-corrected chi connectivity index (χ3v) is 3.41. The molecular formula is C13H17N7O. The van der Waals surface area contributed by atoms with E-state index in [0.717, 1.165) is 0 Å². The summed E-state index contributed by atoms with van der Waals surface area (Å²) in [6, 6.07) is 0.115. The second kappa shape index (κ2) is 4.72. The van der Waals surface area contributed by atoms with Gasteiger partial charge in [-0.1, -0.05) is 0 Å². The Morgan fingerprint density at radius 2 is 2.05 bits per heavy atom. The molecule has 0 amide bonds. The smallest absolute Gasteiger partial charge is 0.328 e. The largest absolute Gasteiger partial charge is 0.383 e. The second-order valence-corrected chi connectivity index (χ2v) is 5.24. The summed E-state index contributed by atoms with van der Waals surface area (Å²) in [7, 11) is 1.79. The average Bonchev–Trinajstić information content (AvgIpc) is 2.96. The maximum atomic E-state index is 12.2. The predicted octanol–water partition coefficient (Wildman–Crippen LogP) is 0.538. The Kier molecular flexibility index (Phi) is 3.00. The van der Waals surface area contributed by atoms with E-state index >= 15 is 0 Å². The molecule has 3 rings (SSSR count). The molecular weight excluding hydrogens is 270 g/mol. The number of rotatable bonds is 3. The fraction of sp³-hybridized carbons (Fsp3) is 0.385. The average molecular weight is 287 g/mol. The van der Waals surface area contributed by atoms with Crippen molar-refractivity contribution in [2.75, 3.05) is 5.73 Å². The number of imidazole rings is 1. The Balaban J connectivity index is 2.02. The number of fused-ring (bicyclic) bond motifs is 1. The van der Waals surface area contributed by atoms with Crippen LogP contribution in [0.4, 0.5) is 5.82 Å². The summed E-state index contributed by atoms with van der Waals surface area (Å²) in [4.78, 5) is 20.9. The molecule has 8 nitrogen and oxygen atoms in total. The zero-order valence-electron chi connectivity index (χ0n) is 12.2. The number of aromatic nitrogens is 6. The van der Waals surface area contributed by atoms with Crippen molar-refractivity contribution in [1.29, 1.82) is 0 Å². The van der Waals surface area contributed by atoms with Crippen LogP contribution >= 0.6 is 0 Å². The molecule has 0 saturated heterocycles. The Morgan fingerprint density at radius 1 is 1.29 bits per heavy atom. The number of nitrogens with zero attached hydrogens (tertiary/aromatic N) is 6. The van der Waals surface area contributed by atoms with Crippen LogP contribution in [0.25, 0.3) is 11.0 Å². The van der Waals surface area contributed by atoms with Gasteiger partial charge in [-0.2, -0.15) is 5.10 Å². The SMILES string of the molecule is CC(C)n1ccn(Cc2nc(N)c3cnn(C)c3n2)c1=O. The number of hydrogen-bond acceptors (Lipinski definition) is 5. The molecule has 3 aromatic rings. The van der Waals surface area contributed by atoms with E-state index in [9.17, 15) is 4.79 Å². The maximum absolute atomic E-state index is 12.2. The van der Waals surface area contributed by atoms with Crippen molar-refractivity contribution >= 4 is 16.9 Å². The molecule has 8 heteroatoms. The van der Waals surface area contributed by atoms with Crippen LogP contribution in [0, 0.1) is 0 Å². The van der Waals surface area contributed by atoms with Gasteiger partial charge >= 0.3 is 5.69 Å². The summed E-state index contributed by atoms with van der Waals surface area (Å²) in [5, 5.41) is 4.83. The van der Waals surface area contributed by atoms with Crippen LogP contribution in [0.3, 0.4) is 0 Å². The fourth-order valence-electron chi connectivity index (χ4n) is 2.26. The molecule has 110 valence electrons. The van der Waals surface area contributed by atoms with Crippen molar-refractivity contribution in [2.45, 2.75) is 26.4 Å². The van der Waals surface area contributed by atoms with Crippen molar-refractivity contribution in [1.82, 2.24) is 28.9 Å². The van der Waals surface area contributed by atoms with E-state index in [1.165, 1.54) is 0 Å². The monoisotopic (exact) mass is 287 g/mol. The van der Waals surface area contributed by atoms with Crippen LogP contribution in [0.15, 0.2) is 23.4 Å². The molecule has 3 heterocycles. The number of aryl methyl sites for hydroxylation is 1. The summed E-state index contributed by atoms with van der Waals surface area (Å²) in [6.07, 6.45) is 5.13. The quantitative estimate of drug-likeness (QED) is 0.758. The van der Waals surface area contributed by atoms with Gasteiger partial charge in [0, 0.05) is 25.5 Å². The first-order valence-corrected chi connectivity index (χ1v) is 6.68. The van der Waals surface area contributed by atoms with Gasteiger partial charge < -0.3 is 5.73 Å². The Hall–Kier alpha value is -2.64. The highest BCUT2D eigenvalue weighted by atomic mass is 16.1. The molecule has 0 bridgehead atoms. The standard InChI is InChI=1S/C13H17N7O/c1-8(2)20-5-4-19(13(20)21)7-10-16-11(14)9-6-15-18(3)12(9)17-10/h4-6,8H,7H2,1-3H3,(H2,14,16,17). The summed E-state index contributed by atoms with van der Waals surface area (Å²) < 4.78 is 4.86. The van der Waals surface area contributed by atoms with Gasteiger partial charge in [0.2, 0.25) is 0 Å². The lowest BCUT2D eigenvalue weighted by molar-refractivity contribution is 0.558. The molecule has 0 radical (unpaired) electrons. The van der Waals surface area contributed by atoms with E-state index in [-0.39, 0.29) is 18.3 Å². The van der Waals surface area contributed by atoms with E-state index in [1.807, 2.05) is 13.8 Å². The molecule has 3 aromatic heterocycles. The lowest BCUT2D eigenvalue weighted by atomic mass is 10.4. The molecule has 21 heavy (non-hydrogen) atoms. The van der Waals surface area contributed by atoms with Gasteiger partial charge in [0.25, 0.3) is 0 Å². The minimum atomic E-state index is -0.0859. The van der Waals surface area contributed by atoms with Crippen LogP contribution in [0.5, 0.6) is 0 Å². The molecule has 0 atom stereocenters. The minimum Gasteiger partial charge on any atom is -0.383 e. The number of nitrogen functional groups attached to an aromatic ring is 1. The zero-order chi connectivity index (χ0) is 15.1. The summed E-state index contributed by atoms with van der Waals surface area (Å²) in [5.41, 5.74) is 6.49. The Bertz CT molecular complexity index is 855. The van der Waals surface area contributed by atoms with E-state index in [0.29, 0.717) is 22.7 Å². The van der Waals surface area contributed by atoms with Crippen molar-refractivity contribution in [3.8, 4) is 0 Å². The molecule has 0 unspecified atom stereocenters. The van der Waals surface area contributed by atoms with Gasteiger partial charge in [-0.15, -0.1) is 0 Å². The number of nitrogens with two attached hydrogens (primary N) is 1.